The second-order valence-electron chi connectivity index (χ2n) is 9.50. The number of nitrogens with zero attached hydrogens (tertiary/aromatic N) is 1. The molecule has 1 aliphatic heterocycles. The van der Waals surface area contributed by atoms with Crippen molar-refractivity contribution >= 4 is 17.7 Å². The maximum atomic E-state index is 13.2. The molecule has 0 bridgehead atoms. The standard InChI is InChI=1S/C23H41N3O3/c1-4-8-18(21(24)27)19(15-16(2)3)22(28)25-20-11-5-6-13-26(23(20)29)14-12-17-9-7-10-17/h16-20H,4-15H2,1-3H3,(H2,24,27)(H,25,28)/t18-,19+,20-/m0/s1. The minimum absolute atomic E-state index is 0.0459. The van der Waals surface area contributed by atoms with Gasteiger partial charge in [-0.2, -0.15) is 0 Å². The van der Waals surface area contributed by atoms with Crippen LogP contribution in [0.1, 0.15) is 85.0 Å². The number of nitrogens with one attached hydrogen (secondary N) is 1. The van der Waals surface area contributed by atoms with Crippen molar-refractivity contribution in [3.8, 4) is 0 Å². The maximum absolute atomic E-state index is 13.2. The number of nitrogens with two attached hydrogens (primary N) is 1. The molecule has 0 aromatic carbocycles. The van der Waals surface area contributed by atoms with Gasteiger partial charge < -0.3 is 16.0 Å². The quantitative estimate of drug-likeness (QED) is 0.551. The Morgan fingerprint density at radius 1 is 1.14 bits per heavy atom. The lowest BCUT2D eigenvalue weighted by molar-refractivity contribution is -0.139. The van der Waals surface area contributed by atoms with Crippen LogP contribution in [0.5, 0.6) is 0 Å². The van der Waals surface area contributed by atoms with Crippen LogP contribution in [-0.4, -0.2) is 41.8 Å². The van der Waals surface area contributed by atoms with Gasteiger partial charge in [0.05, 0.1) is 0 Å². The minimum atomic E-state index is -0.476. The van der Waals surface area contributed by atoms with Crippen molar-refractivity contribution in [2.75, 3.05) is 13.1 Å². The van der Waals surface area contributed by atoms with E-state index in [0.717, 1.165) is 44.7 Å². The molecule has 166 valence electrons. The smallest absolute Gasteiger partial charge is 0.245 e. The minimum Gasteiger partial charge on any atom is -0.369 e. The molecule has 1 heterocycles. The predicted octanol–water partition coefficient (Wildman–Crippen LogP) is 3.24. The first-order valence-electron chi connectivity index (χ1n) is 11.7. The Balaban J connectivity index is 2.04. The number of likely N-dealkylation sites (tertiary alicyclic amines) is 1. The van der Waals surface area contributed by atoms with Crippen LogP contribution in [0.3, 0.4) is 0 Å². The second-order valence-corrected chi connectivity index (χ2v) is 9.50. The summed E-state index contributed by atoms with van der Waals surface area (Å²) in [6.45, 7) is 7.67. The second kappa shape index (κ2) is 11.6. The van der Waals surface area contributed by atoms with Crippen LogP contribution in [0.4, 0.5) is 0 Å². The fourth-order valence-electron chi connectivity index (χ4n) is 4.67. The van der Waals surface area contributed by atoms with Gasteiger partial charge in [0.15, 0.2) is 0 Å². The molecule has 2 rings (SSSR count). The topological polar surface area (TPSA) is 92.5 Å². The predicted molar refractivity (Wildman–Crippen MR) is 115 cm³/mol. The van der Waals surface area contributed by atoms with Crippen molar-refractivity contribution in [3.05, 3.63) is 0 Å². The summed E-state index contributed by atoms with van der Waals surface area (Å²) >= 11 is 0. The summed E-state index contributed by atoms with van der Waals surface area (Å²) in [6, 6.07) is -0.476. The van der Waals surface area contributed by atoms with Gasteiger partial charge in [-0.1, -0.05) is 46.5 Å². The number of hydrogen-bond acceptors (Lipinski definition) is 3. The number of hydrogen-bond donors (Lipinski definition) is 2. The monoisotopic (exact) mass is 407 g/mol. The average Bonchev–Trinajstić information content (AvgIpc) is 2.78. The van der Waals surface area contributed by atoms with E-state index >= 15 is 0 Å². The summed E-state index contributed by atoms with van der Waals surface area (Å²) in [4.78, 5) is 40.2. The van der Waals surface area contributed by atoms with Crippen molar-refractivity contribution in [1.82, 2.24) is 10.2 Å². The summed E-state index contributed by atoms with van der Waals surface area (Å²) in [5.41, 5.74) is 5.64. The van der Waals surface area contributed by atoms with Gasteiger partial charge in [0.1, 0.15) is 6.04 Å². The van der Waals surface area contributed by atoms with E-state index < -0.39 is 23.8 Å². The molecule has 2 aliphatic rings. The third-order valence-electron chi connectivity index (χ3n) is 6.64. The first kappa shape index (κ1) is 23.7. The molecule has 2 fully saturated rings. The van der Waals surface area contributed by atoms with E-state index in [4.69, 9.17) is 5.73 Å². The van der Waals surface area contributed by atoms with Crippen molar-refractivity contribution in [2.24, 2.45) is 29.4 Å². The molecule has 3 amide bonds. The van der Waals surface area contributed by atoms with E-state index in [9.17, 15) is 14.4 Å². The van der Waals surface area contributed by atoms with Crippen LogP contribution in [-0.2, 0) is 14.4 Å². The van der Waals surface area contributed by atoms with Gasteiger partial charge in [-0.25, -0.2) is 0 Å². The van der Waals surface area contributed by atoms with Gasteiger partial charge in [-0.3, -0.25) is 14.4 Å². The van der Waals surface area contributed by atoms with Gasteiger partial charge in [0.2, 0.25) is 17.7 Å². The van der Waals surface area contributed by atoms with Crippen molar-refractivity contribution in [3.63, 3.8) is 0 Å². The molecule has 6 nitrogen and oxygen atoms in total. The zero-order chi connectivity index (χ0) is 21.4. The Morgan fingerprint density at radius 2 is 1.86 bits per heavy atom. The lowest BCUT2D eigenvalue weighted by atomic mass is 9.81. The Bertz CT molecular complexity index is 560. The zero-order valence-corrected chi connectivity index (χ0v) is 18.6. The highest BCUT2D eigenvalue weighted by atomic mass is 16.2. The molecule has 3 N–H and O–H groups in total. The molecule has 0 unspecified atom stereocenters. The number of rotatable bonds is 11. The van der Waals surface area contributed by atoms with Crippen molar-refractivity contribution < 1.29 is 14.4 Å². The number of primary amides is 1. The van der Waals surface area contributed by atoms with Crippen molar-refractivity contribution in [2.45, 2.75) is 91.0 Å². The van der Waals surface area contributed by atoms with Gasteiger partial charge in [-0.15, -0.1) is 0 Å². The maximum Gasteiger partial charge on any atom is 0.245 e. The molecular formula is C23H41N3O3. The third kappa shape index (κ3) is 7.00. The van der Waals surface area contributed by atoms with E-state index in [2.05, 4.69) is 5.32 Å². The van der Waals surface area contributed by atoms with Crippen LogP contribution in [0.25, 0.3) is 0 Å². The lowest BCUT2D eigenvalue weighted by Crippen LogP contribution is -2.51. The molecular weight excluding hydrogens is 366 g/mol. The number of amides is 3. The first-order chi connectivity index (χ1) is 13.8. The molecule has 0 spiro atoms. The number of carbonyl (C=O) groups excluding carboxylic acids is 3. The van der Waals surface area contributed by atoms with Gasteiger partial charge in [0, 0.05) is 24.9 Å². The van der Waals surface area contributed by atoms with E-state index in [1.165, 1.54) is 19.3 Å². The highest BCUT2D eigenvalue weighted by Crippen LogP contribution is 2.30. The van der Waals surface area contributed by atoms with Crippen LogP contribution in [0.2, 0.25) is 0 Å². The first-order valence-corrected chi connectivity index (χ1v) is 11.7. The molecule has 0 radical (unpaired) electrons. The van der Waals surface area contributed by atoms with Crippen molar-refractivity contribution in [1.29, 1.82) is 0 Å². The molecule has 6 heteroatoms. The molecule has 0 aromatic heterocycles. The third-order valence-corrected chi connectivity index (χ3v) is 6.64. The summed E-state index contributed by atoms with van der Waals surface area (Å²) in [6.07, 6.45) is 9.54. The van der Waals surface area contributed by atoms with Crippen LogP contribution >= 0.6 is 0 Å². The highest BCUT2D eigenvalue weighted by molar-refractivity contribution is 5.91. The van der Waals surface area contributed by atoms with E-state index in [1.807, 2.05) is 25.7 Å². The summed E-state index contributed by atoms with van der Waals surface area (Å²) in [5.74, 6) is -0.459. The summed E-state index contributed by atoms with van der Waals surface area (Å²) in [7, 11) is 0. The fraction of sp³-hybridized carbons (Fsp3) is 0.870. The largest absolute Gasteiger partial charge is 0.369 e. The summed E-state index contributed by atoms with van der Waals surface area (Å²) in [5, 5.41) is 3.02. The lowest BCUT2D eigenvalue weighted by Gasteiger charge is -2.31. The van der Waals surface area contributed by atoms with Crippen LogP contribution in [0.15, 0.2) is 0 Å². The molecule has 29 heavy (non-hydrogen) atoms. The Kier molecular flexibility index (Phi) is 9.44. The fourth-order valence-corrected chi connectivity index (χ4v) is 4.67. The SMILES string of the molecule is CCC[C@H](C(N)=O)[C@@H](CC(C)C)C(=O)N[C@H]1CCCCN(CCC2CCC2)C1=O. The van der Waals surface area contributed by atoms with E-state index in [1.54, 1.807) is 0 Å². The Hall–Kier alpha value is -1.59. The Labute approximate surface area is 176 Å². The molecule has 0 aromatic rings. The van der Waals surface area contributed by atoms with E-state index in [-0.39, 0.29) is 17.7 Å². The average molecular weight is 408 g/mol. The van der Waals surface area contributed by atoms with Crippen LogP contribution in [0, 0.1) is 23.7 Å². The normalized spacial score (nSPS) is 22.7. The molecule has 1 saturated heterocycles. The summed E-state index contributed by atoms with van der Waals surface area (Å²) < 4.78 is 0. The number of carbonyl (C=O) groups is 3. The van der Waals surface area contributed by atoms with Gasteiger partial charge in [-0.05, 0) is 50.4 Å². The molecule has 1 aliphatic carbocycles. The Morgan fingerprint density at radius 3 is 2.41 bits per heavy atom. The zero-order valence-electron chi connectivity index (χ0n) is 18.6. The molecule has 3 atom stereocenters. The highest BCUT2D eigenvalue weighted by Gasteiger charge is 2.36. The van der Waals surface area contributed by atoms with Gasteiger partial charge in [0.25, 0.3) is 0 Å². The van der Waals surface area contributed by atoms with Crippen LogP contribution < -0.4 is 11.1 Å². The molecule has 1 saturated carbocycles. The van der Waals surface area contributed by atoms with Gasteiger partial charge >= 0.3 is 0 Å². The van der Waals surface area contributed by atoms with E-state index in [0.29, 0.717) is 19.3 Å².